The zero-order valence-corrected chi connectivity index (χ0v) is 11.5. The van der Waals surface area contributed by atoms with Crippen molar-refractivity contribution in [1.82, 2.24) is 0 Å². The van der Waals surface area contributed by atoms with E-state index in [1.54, 1.807) is 12.1 Å². The van der Waals surface area contributed by atoms with Crippen molar-refractivity contribution < 1.29 is 9.13 Å². The number of halogens is 2. The average molecular weight is 309 g/mol. The van der Waals surface area contributed by atoms with E-state index in [1.165, 1.54) is 17.7 Å². The van der Waals surface area contributed by atoms with E-state index in [-0.39, 0.29) is 5.82 Å². The minimum absolute atomic E-state index is 0.255. The summed E-state index contributed by atoms with van der Waals surface area (Å²) in [5.41, 5.74) is 1.17. The number of benzene rings is 2. The monoisotopic (exact) mass is 308 g/mol. The number of aryl methyl sites for hydroxylation is 1. The van der Waals surface area contributed by atoms with Gasteiger partial charge in [-0.1, -0.05) is 34.1 Å². The topological polar surface area (TPSA) is 9.23 Å². The van der Waals surface area contributed by atoms with Crippen LogP contribution in [0.25, 0.3) is 0 Å². The summed E-state index contributed by atoms with van der Waals surface area (Å²) in [6.07, 6.45) is 2.02. The third-order valence-corrected chi connectivity index (χ3v) is 3.15. The van der Waals surface area contributed by atoms with Crippen LogP contribution in [0.2, 0.25) is 0 Å². The van der Waals surface area contributed by atoms with Gasteiger partial charge in [-0.25, -0.2) is 4.39 Å². The quantitative estimate of drug-likeness (QED) is 0.710. The standard InChI is InChI=1S/C15H14BrFO/c16-11-3-5-12-4-1-2-6-15(12)18-14-9-7-13(17)8-10-14/h1-2,4,6-10H,3,5,11H2. The van der Waals surface area contributed by atoms with Crippen molar-refractivity contribution >= 4 is 15.9 Å². The van der Waals surface area contributed by atoms with E-state index in [9.17, 15) is 4.39 Å². The molecule has 0 aliphatic carbocycles. The van der Waals surface area contributed by atoms with E-state index in [0.717, 1.165) is 23.9 Å². The molecular formula is C15H14BrFO. The molecule has 0 saturated carbocycles. The van der Waals surface area contributed by atoms with E-state index in [0.29, 0.717) is 5.75 Å². The first-order chi connectivity index (χ1) is 8.79. The molecule has 0 heterocycles. The molecule has 3 heteroatoms. The molecule has 0 atom stereocenters. The normalized spacial score (nSPS) is 10.3. The molecule has 0 spiro atoms. The Labute approximate surface area is 115 Å². The van der Waals surface area contributed by atoms with Gasteiger partial charge in [0.25, 0.3) is 0 Å². The third-order valence-electron chi connectivity index (χ3n) is 2.59. The van der Waals surface area contributed by atoms with Crippen molar-refractivity contribution in [3.63, 3.8) is 0 Å². The Kier molecular flexibility index (Phi) is 4.76. The van der Waals surface area contributed by atoms with Gasteiger partial charge >= 0.3 is 0 Å². The molecule has 0 aliphatic rings. The van der Waals surface area contributed by atoms with Crippen molar-refractivity contribution in [3.8, 4) is 11.5 Å². The van der Waals surface area contributed by atoms with Crippen LogP contribution in [0, 0.1) is 5.82 Å². The molecule has 0 aliphatic heterocycles. The summed E-state index contributed by atoms with van der Waals surface area (Å²) in [6.45, 7) is 0. The van der Waals surface area contributed by atoms with E-state index in [1.807, 2.05) is 18.2 Å². The molecule has 94 valence electrons. The number of rotatable bonds is 5. The van der Waals surface area contributed by atoms with E-state index in [2.05, 4.69) is 22.0 Å². The second-order valence-corrected chi connectivity index (χ2v) is 4.75. The molecule has 0 aromatic heterocycles. The maximum absolute atomic E-state index is 12.8. The maximum Gasteiger partial charge on any atom is 0.130 e. The van der Waals surface area contributed by atoms with Crippen molar-refractivity contribution in [1.29, 1.82) is 0 Å². The second-order valence-electron chi connectivity index (χ2n) is 3.96. The number of hydrogen-bond acceptors (Lipinski definition) is 1. The fourth-order valence-electron chi connectivity index (χ4n) is 1.70. The van der Waals surface area contributed by atoms with Crippen LogP contribution in [0.3, 0.4) is 0 Å². The summed E-state index contributed by atoms with van der Waals surface area (Å²) >= 11 is 3.42. The van der Waals surface area contributed by atoms with Crippen LogP contribution in [0.15, 0.2) is 48.5 Å². The molecule has 0 fully saturated rings. The maximum atomic E-state index is 12.8. The molecular weight excluding hydrogens is 295 g/mol. The molecule has 0 unspecified atom stereocenters. The van der Waals surface area contributed by atoms with Crippen LogP contribution >= 0.6 is 15.9 Å². The SMILES string of the molecule is Fc1ccc(Oc2ccccc2CCCBr)cc1. The summed E-state index contributed by atoms with van der Waals surface area (Å²) in [5.74, 6) is 1.24. The van der Waals surface area contributed by atoms with Crippen molar-refractivity contribution in [2.75, 3.05) is 5.33 Å². The summed E-state index contributed by atoms with van der Waals surface area (Å²) < 4.78 is 18.6. The van der Waals surface area contributed by atoms with Gasteiger partial charge in [0.05, 0.1) is 0 Å². The number of alkyl halides is 1. The number of hydrogen-bond donors (Lipinski definition) is 0. The highest BCUT2D eigenvalue weighted by molar-refractivity contribution is 9.09. The average Bonchev–Trinajstić information content (AvgIpc) is 2.40. The predicted octanol–water partition coefficient (Wildman–Crippen LogP) is 4.95. The summed E-state index contributed by atoms with van der Waals surface area (Å²) in [4.78, 5) is 0. The van der Waals surface area contributed by atoms with Crippen molar-refractivity contribution in [2.45, 2.75) is 12.8 Å². The first kappa shape index (κ1) is 13.1. The Morgan fingerprint density at radius 2 is 1.72 bits per heavy atom. The third kappa shape index (κ3) is 3.57. The Morgan fingerprint density at radius 3 is 2.44 bits per heavy atom. The molecule has 0 bridgehead atoms. The lowest BCUT2D eigenvalue weighted by atomic mass is 10.1. The van der Waals surface area contributed by atoms with Gasteiger partial charge in [-0.2, -0.15) is 0 Å². The van der Waals surface area contributed by atoms with E-state index in [4.69, 9.17) is 4.74 Å². The fourth-order valence-corrected chi connectivity index (χ4v) is 1.98. The minimum Gasteiger partial charge on any atom is -0.457 e. The lowest BCUT2D eigenvalue weighted by molar-refractivity contribution is 0.474. The fraction of sp³-hybridized carbons (Fsp3) is 0.200. The molecule has 0 amide bonds. The largest absolute Gasteiger partial charge is 0.457 e. The lowest BCUT2D eigenvalue weighted by Gasteiger charge is -2.10. The van der Waals surface area contributed by atoms with Gasteiger partial charge in [-0.15, -0.1) is 0 Å². The van der Waals surface area contributed by atoms with Crippen LogP contribution in [-0.4, -0.2) is 5.33 Å². The Morgan fingerprint density at radius 1 is 1.00 bits per heavy atom. The first-order valence-electron chi connectivity index (χ1n) is 5.87. The molecule has 2 rings (SSSR count). The lowest BCUT2D eigenvalue weighted by Crippen LogP contribution is -1.92. The Bertz CT molecular complexity index is 496. The van der Waals surface area contributed by atoms with Crippen LogP contribution < -0.4 is 4.74 Å². The van der Waals surface area contributed by atoms with Gasteiger partial charge in [0.15, 0.2) is 0 Å². The molecule has 1 nitrogen and oxygen atoms in total. The van der Waals surface area contributed by atoms with Crippen LogP contribution in [-0.2, 0) is 6.42 Å². The molecule has 0 saturated heterocycles. The highest BCUT2D eigenvalue weighted by Crippen LogP contribution is 2.26. The predicted molar refractivity (Wildman–Crippen MR) is 75.0 cm³/mol. The summed E-state index contributed by atoms with van der Waals surface area (Å²) in [5, 5.41) is 0.970. The molecule has 2 aromatic carbocycles. The number of para-hydroxylation sites is 1. The van der Waals surface area contributed by atoms with Gasteiger partial charge in [-0.05, 0) is 48.7 Å². The van der Waals surface area contributed by atoms with Gasteiger partial charge in [0.2, 0.25) is 0 Å². The second kappa shape index (κ2) is 6.55. The molecule has 0 radical (unpaired) electrons. The number of ether oxygens (including phenoxy) is 1. The van der Waals surface area contributed by atoms with Crippen LogP contribution in [0.4, 0.5) is 4.39 Å². The van der Waals surface area contributed by atoms with Crippen molar-refractivity contribution in [3.05, 3.63) is 59.9 Å². The highest BCUT2D eigenvalue weighted by Gasteiger charge is 2.04. The van der Waals surface area contributed by atoms with Gasteiger partial charge in [-0.3, -0.25) is 0 Å². The van der Waals surface area contributed by atoms with Crippen LogP contribution in [0.1, 0.15) is 12.0 Å². The summed E-state index contributed by atoms with van der Waals surface area (Å²) in [6, 6.07) is 14.0. The Balaban J connectivity index is 2.15. The van der Waals surface area contributed by atoms with Crippen molar-refractivity contribution in [2.24, 2.45) is 0 Å². The first-order valence-corrected chi connectivity index (χ1v) is 6.99. The smallest absolute Gasteiger partial charge is 0.130 e. The molecule has 2 aromatic rings. The van der Waals surface area contributed by atoms with Gasteiger partial charge in [0.1, 0.15) is 17.3 Å². The van der Waals surface area contributed by atoms with Crippen LogP contribution in [0.5, 0.6) is 11.5 Å². The molecule has 18 heavy (non-hydrogen) atoms. The molecule has 0 N–H and O–H groups in total. The minimum atomic E-state index is -0.255. The zero-order valence-electron chi connectivity index (χ0n) is 9.90. The van der Waals surface area contributed by atoms with E-state index < -0.39 is 0 Å². The summed E-state index contributed by atoms with van der Waals surface area (Å²) in [7, 11) is 0. The van der Waals surface area contributed by atoms with E-state index >= 15 is 0 Å². The highest BCUT2D eigenvalue weighted by atomic mass is 79.9. The Hall–Kier alpha value is -1.35. The van der Waals surface area contributed by atoms with Gasteiger partial charge in [0, 0.05) is 5.33 Å². The van der Waals surface area contributed by atoms with Gasteiger partial charge < -0.3 is 4.74 Å². The zero-order chi connectivity index (χ0) is 12.8.